The number of hydrogen-bond acceptors (Lipinski definition) is 6. The topological polar surface area (TPSA) is 76.6 Å². The van der Waals surface area contributed by atoms with Crippen molar-refractivity contribution in [2.24, 2.45) is 0 Å². The number of aryl methyl sites for hydroxylation is 1. The number of anilines is 1. The van der Waals surface area contributed by atoms with Crippen molar-refractivity contribution in [1.29, 1.82) is 0 Å². The molecule has 0 saturated carbocycles. The Hall–Kier alpha value is -2.58. The number of carbonyl (C=O) groups excluding carboxylic acids is 3. The predicted molar refractivity (Wildman–Crippen MR) is 110 cm³/mol. The summed E-state index contributed by atoms with van der Waals surface area (Å²) in [5.74, 6) is -2.67. The molecule has 2 amide bonds. The molecule has 9 heteroatoms. The van der Waals surface area contributed by atoms with Gasteiger partial charge in [-0.2, -0.15) is 0 Å². The van der Waals surface area contributed by atoms with Crippen LogP contribution < -0.4 is 4.90 Å². The van der Waals surface area contributed by atoms with E-state index in [-0.39, 0.29) is 22.9 Å². The van der Waals surface area contributed by atoms with Crippen molar-refractivity contribution < 1.29 is 23.5 Å². The smallest absolute Gasteiger partial charge is 0.339 e. The Kier molecular flexibility index (Phi) is 5.71. The highest BCUT2D eigenvalue weighted by molar-refractivity contribution is 7.09. The molecule has 0 spiro atoms. The molecule has 0 bridgehead atoms. The molecule has 0 atom stereocenters. The summed E-state index contributed by atoms with van der Waals surface area (Å²) in [5.41, 5.74) is 1.37. The van der Waals surface area contributed by atoms with Gasteiger partial charge in [-0.25, -0.2) is 19.1 Å². The van der Waals surface area contributed by atoms with Crippen LogP contribution in [0, 0.1) is 12.7 Å². The number of ether oxygens (including phenoxy) is 1. The molecule has 156 valence electrons. The van der Waals surface area contributed by atoms with E-state index in [0.717, 1.165) is 40.6 Å². The maximum absolute atomic E-state index is 14.6. The van der Waals surface area contributed by atoms with E-state index in [4.69, 9.17) is 16.3 Å². The first-order chi connectivity index (χ1) is 14.4. The Morgan fingerprint density at radius 1 is 1.23 bits per heavy atom. The third kappa shape index (κ3) is 3.77. The number of thiazole rings is 1. The number of carbonyl (C=O) groups is 3. The van der Waals surface area contributed by atoms with Crippen molar-refractivity contribution >= 4 is 46.4 Å². The summed E-state index contributed by atoms with van der Waals surface area (Å²) < 4.78 is 19.9. The number of amides is 2. The van der Waals surface area contributed by atoms with Crippen molar-refractivity contribution in [2.75, 3.05) is 11.5 Å². The van der Waals surface area contributed by atoms with Gasteiger partial charge in [-0.05, 0) is 44.7 Å². The molecular formula is C21H18ClFN2O4S. The Morgan fingerprint density at radius 2 is 1.90 bits per heavy atom. The van der Waals surface area contributed by atoms with Crippen molar-refractivity contribution in [3.8, 4) is 0 Å². The largest absolute Gasteiger partial charge is 0.462 e. The first kappa shape index (κ1) is 20.7. The highest BCUT2D eigenvalue weighted by Gasteiger charge is 2.41. The van der Waals surface area contributed by atoms with E-state index < -0.39 is 23.6 Å². The minimum atomic E-state index is -0.851. The number of aromatic nitrogens is 1. The second-order valence-corrected chi connectivity index (χ2v) is 8.51. The summed E-state index contributed by atoms with van der Waals surface area (Å²) in [6.45, 7) is 1.95. The van der Waals surface area contributed by atoms with Gasteiger partial charge in [-0.15, -0.1) is 11.3 Å². The third-order valence-corrected chi connectivity index (χ3v) is 6.44. The lowest BCUT2D eigenvalue weighted by Crippen LogP contribution is -2.32. The summed E-state index contributed by atoms with van der Waals surface area (Å²) in [6, 6.07) is 2.04. The van der Waals surface area contributed by atoms with Crippen LogP contribution in [0.3, 0.4) is 0 Å². The van der Waals surface area contributed by atoms with Crippen LogP contribution in [0.25, 0.3) is 0 Å². The average Bonchev–Trinajstić information content (AvgIpc) is 3.24. The van der Waals surface area contributed by atoms with Crippen molar-refractivity contribution in [3.63, 3.8) is 0 Å². The fraction of sp³-hybridized carbons (Fsp3) is 0.333. The summed E-state index contributed by atoms with van der Waals surface area (Å²) in [7, 11) is 0. The highest BCUT2D eigenvalue weighted by atomic mass is 35.5. The van der Waals surface area contributed by atoms with Gasteiger partial charge >= 0.3 is 5.97 Å². The van der Waals surface area contributed by atoms with E-state index in [1.807, 2.05) is 12.3 Å². The summed E-state index contributed by atoms with van der Waals surface area (Å²) in [5, 5.41) is 2.58. The Labute approximate surface area is 181 Å². The standard InChI is InChI=1S/C21H18ClFN2O4S/c1-11-10-30-18(24-11)6-7-29-21(28)14-8-17(16(23)9-15(14)22)25-19(26)12-4-2-3-5-13(12)20(25)27/h8-10H,2-7H2,1H3. The molecule has 4 rings (SSSR count). The van der Waals surface area contributed by atoms with Crippen molar-refractivity contribution in [3.05, 3.63) is 55.8 Å². The van der Waals surface area contributed by atoms with Gasteiger partial charge in [0.05, 0.1) is 27.9 Å². The molecule has 0 N–H and O–H groups in total. The van der Waals surface area contributed by atoms with E-state index in [2.05, 4.69) is 4.98 Å². The Bertz CT molecular complexity index is 1070. The molecule has 1 aliphatic heterocycles. The number of nitrogens with zero attached hydrogens (tertiary/aromatic N) is 2. The maximum Gasteiger partial charge on any atom is 0.339 e. The number of hydrogen-bond donors (Lipinski definition) is 0. The molecule has 0 saturated heterocycles. The molecule has 1 aromatic heterocycles. The second kappa shape index (κ2) is 8.28. The van der Waals surface area contributed by atoms with Crippen LogP contribution in [0.1, 0.15) is 46.7 Å². The molecule has 2 heterocycles. The molecular weight excluding hydrogens is 431 g/mol. The first-order valence-electron chi connectivity index (χ1n) is 9.55. The number of rotatable bonds is 5. The minimum absolute atomic E-state index is 0.0756. The monoisotopic (exact) mass is 448 g/mol. The first-order valence-corrected chi connectivity index (χ1v) is 10.8. The van der Waals surface area contributed by atoms with Gasteiger partial charge in [-0.1, -0.05) is 11.6 Å². The third-order valence-electron chi connectivity index (χ3n) is 5.10. The molecule has 6 nitrogen and oxygen atoms in total. The number of halogens is 2. The fourth-order valence-electron chi connectivity index (χ4n) is 3.65. The van der Waals surface area contributed by atoms with E-state index >= 15 is 0 Å². The average molecular weight is 449 g/mol. The van der Waals surface area contributed by atoms with Crippen LogP contribution in [-0.2, 0) is 20.7 Å². The number of imide groups is 1. The summed E-state index contributed by atoms with van der Waals surface area (Å²) in [4.78, 5) is 43.1. The molecule has 0 unspecified atom stereocenters. The zero-order valence-corrected chi connectivity index (χ0v) is 17.7. The maximum atomic E-state index is 14.6. The van der Waals surface area contributed by atoms with Gasteiger partial charge in [0.25, 0.3) is 11.8 Å². The molecule has 0 radical (unpaired) electrons. The van der Waals surface area contributed by atoms with Gasteiger partial charge in [0.1, 0.15) is 5.82 Å². The lowest BCUT2D eigenvalue weighted by Gasteiger charge is -2.17. The number of benzene rings is 1. The van der Waals surface area contributed by atoms with Crippen LogP contribution in [0.5, 0.6) is 0 Å². The van der Waals surface area contributed by atoms with Gasteiger partial charge in [0.15, 0.2) is 0 Å². The summed E-state index contributed by atoms with van der Waals surface area (Å²) in [6.07, 6.45) is 3.05. The number of esters is 1. The molecule has 0 fully saturated rings. The van der Waals surface area contributed by atoms with Gasteiger partial charge in [0, 0.05) is 28.6 Å². The van der Waals surface area contributed by atoms with Crippen molar-refractivity contribution in [2.45, 2.75) is 39.0 Å². The van der Waals surface area contributed by atoms with Crippen LogP contribution in [0.15, 0.2) is 28.7 Å². The molecule has 1 aliphatic carbocycles. The Morgan fingerprint density at radius 3 is 2.50 bits per heavy atom. The quantitative estimate of drug-likeness (QED) is 0.501. The zero-order valence-electron chi connectivity index (χ0n) is 16.2. The van der Waals surface area contributed by atoms with Gasteiger partial charge in [-0.3, -0.25) is 9.59 Å². The normalized spacial score (nSPS) is 16.3. The van der Waals surface area contributed by atoms with Crippen LogP contribution in [0.4, 0.5) is 10.1 Å². The lowest BCUT2D eigenvalue weighted by atomic mass is 9.93. The molecule has 2 aromatic rings. The molecule has 1 aromatic carbocycles. The van der Waals surface area contributed by atoms with Crippen LogP contribution in [0.2, 0.25) is 5.02 Å². The van der Waals surface area contributed by atoms with Crippen LogP contribution >= 0.6 is 22.9 Å². The minimum Gasteiger partial charge on any atom is -0.462 e. The van der Waals surface area contributed by atoms with E-state index in [0.29, 0.717) is 30.4 Å². The van der Waals surface area contributed by atoms with Gasteiger partial charge in [0.2, 0.25) is 0 Å². The SMILES string of the molecule is Cc1csc(CCOC(=O)c2cc(N3C(=O)C4=C(CCCC4)C3=O)c(F)cc2Cl)n1. The summed E-state index contributed by atoms with van der Waals surface area (Å²) >= 11 is 7.51. The highest BCUT2D eigenvalue weighted by Crippen LogP contribution is 2.38. The lowest BCUT2D eigenvalue weighted by molar-refractivity contribution is -0.120. The zero-order chi connectivity index (χ0) is 21.4. The van der Waals surface area contributed by atoms with E-state index in [1.165, 1.54) is 11.3 Å². The second-order valence-electron chi connectivity index (χ2n) is 7.16. The predicted octanol–water partition coefficient (Wildman–Crippen LogP) is 4.39. The van der Waals surface area contributed by atoms with Crippen molar-refractivity contribution in [1.82, 2.24) is 4.98 Å². The van der Waals surface area contributed by atoms with Gasteiger partial charge < -0.3 is 4.74 Å². The molecule has 30 heavy (non-hydrogen) atoms. The fourth-order valence-corrected chi connectivity index (χ4v) is 4.63. The Balaban J connectivity index is 1.54. The van der Waals surface area contributed by atoms with E-state index in [9.17, 15) is 18.8 Å². The van der Waals surface area contributed by atoms with E-state index in [1.54, 1.807) is 0 Å². The molecule has 2 aliphatic rings. The van der Waals surface area contributed by atoms with Crippen LogP contribution in [-0.4, -0.2) is 29.4 Å².